The molecule has 18 heavy (non-hydrogen) atoms. The topological polar surface area (TPSA) is 55.6 Å². The molecule has 0 spiro atoms. The van der Waals surface area contributed by atoms with Gasteiger partial charge in [0.2, 0.25) is 0 Å². The van der Waals surface area contributed by atoms with Crippen molar-refractivity contribution in [2.24, 2.45) is 17.6 Å². The zero-order valence-electron chi connectivity index (χ0n) is 12.2. The average molecular weight is 256 g/mol. The van der Waals surface area contributed by atoms with E-state index in [0.29, 0.717) is 31.1 Å². The summed E-state index contributed by atoms with van der Waals surface area (Å²) < 4.78 is 4.81. The number of nitrogens with zero attached hydrogens (tertiary/aromatic N) is 1. The number of methoxy groups -OCH3 is 1. The summed E-state index contributed by atoms with van der Waals surface area (Å²) in [4.78, 5) is 13.8. The molecular formula is C14H28N2O2. The van der Waals surface area contributed by atoms with Crippen LogP contribution >= 0.6 is 0 Å². The second-order valence-electron chi connectivity index (χ2n) is 5.82. The van der Waals surface area contributed by atoms with Crippen molar-refractivity contribution in [1.82, 2.24) is 4.90 Å². The maximum absolute atomic E-state index is 11.6. The van der Waals surface area contributed by atoms with Gasteiger partial charge in [-0.3, -0.25) is 9.69 Å². The van der Waals surface area contributed by atoms with Crippen molar-refractivity contribution in [1.29, 1.82) is 0 Å². The number of hydrogen-bond donors (Lipinski definition) is 1. The van der Waals surface area contributed by atoms with Crippen molar-refractivity contribution in [3.63, 3.8) is 0 Å². The molecule has 1 rings (SSSR count). The van der Waals surface area contributed by atoms with E-state index in [1.165, 1.54) is 20.0 Å². The van der Waals surface area contributed by atoms with Crippen molar-refractivity contribution >= 4 is 5.97 Å². The SMILES string of the molecule is COC(=O)CN(C(C)C)C1CC(C)CCC1CN. The van der Waals surface area contributed by atoms with Crippen LogP contribution in [0, 0.1) is 11.8 Å². The van der Waals surface area contributed by atoms with Gasteiger partial charge in [-0.05, 0) is 45.1 Å². The van der Waals surface area contributed by atoms with Crippen molar-refractivity contribution in [2.45, 2.75) is 52.1 Å². The molecule has 1 fully saturated rings. The highest BCUT2D eigenvalue weighted by Crippen LogP contribution is 2.32. The Morgan fingerprint density at radius 2 is 2.11 bits per heavy atom. The fourth-order valence-electron chi connectivity index (χ4n) is 2.99. The van der Waals surface area contributed by atoms with Crippen molar-refractivity contribution < 1.29 is 9.53 Å². The van der Waals surface area contributed by atoms with E-state index in [0.717, 1.165) is 12.3 Å². The number of ether oxygens (including phenoxy) is 1. The Morgan fingerprint density at radius 1 is 1.44 bits per heavy atom. The molecule has 0 saturated heterocycles. The third-order valence-electron chi connectivity index (χ3n) is 4.15. The second-order valence-corrected chi connectivity index (χ2v) is 5.82. The Morgan fingerprint density at radius 3 is 2.61 bits per heavy atom. The zero-order chi connectivity index (χ0) is 13.7. The van der Waals surface area contributed by atoms with Gasteiger partial charge >= 0.3 is 5.97 Å². The molecule has 0 amide bonds. The van der Waals surface area contributed by atoms with Gasteiger partial charge in [-0.1, -0.05) is 13.3 Å². The van der Waals surface area contributed by atoms with Crippen LogP contribution in [0.1, 0.15) is 40.0 Å². The van der Waals surface area contributed by atoms with Crippen LogP contribution in [-0.2, 0) is 9.53 Å². The molecule has 1 saturated carbocycles. The van der Waals surface area contributed by atoms with E-state index < -0.39 is 0 Å². The number of carbonyl (C=O) groups is 1. The zero-order valence-corrected chi connectivity index (χ0v) is 12.2. The first-order valence-corrected chi connectivity index (χ1v) is 7.02. The first kappa shape index (κ1) is 15.4. The van der Waals surface area contributed by atoms with Gasteiger partial charge in [-0.2, -0.15) is 0 Å². The molecule has 0 aliphatic heterocycles. The van der Waals surface area contributed by atoms with Crippen LogP contribution in [-0.4, -0.2) is 43.2 Å². The molecule has 2 N–H and O–H groups in total. The smallest absolute Gasteiger partial charge is 0.319 e. The minimum Gasteiger partial charge on any atom is -0.468 e. The normalized spacial score (nSPS) is 28.7. The monoisotopic (exact) mass is 256 g/mol. The first-order valence-electron chi connectivity index (χ1n) is 7.02. The highest BCUT2D eigenvalue weighted by molar-refractivity contribution is 5.71. The van der Waals surface area contributed by atoms with Gasteiger partial charge in [0.1, 0.15) is 0 Å². The van der Waals surface area contributed by atoms with Gasteiger partial charge in [-0.15, -0.1) is 0 Å². The summed E-state index contributed by atoms with van der Waals surface area (Å²) in [5.41, 5.74) is 5.90. The summed E-state index contributed by atoms with van der Waals surface area (Å²) in [5, 5.41) is 0. The van der Waals surface area contributed by atoms with E-state index in [4.69, 9.17) is 10.5 Å². The largest absolute Gasteiger partial charge is 0.468 e. The number of rotatable bonds is 5. The molecule has 106 valence electrons. The maximum atomic E-state index is 11.6. The molecule has 0 aromatic heterocycles. The molecule has 0 bridgehead atoms. The minimum atomic E-state index is -0.155. The summed E-state index contributed by atoms with van der Waals surface area (Å²) in [5.74, 6) is 1.07. The highest BCUT2D eigenvalue weighted by Gasteiger charge is 2.34. The number of hydrogen-bond acceptors (Lipinski definition) is 4. The lowest BCUT2D eigenvalue weighted by Crippen LogP contribution is -2.51. The molecule has 4 heteroatoms. The predicted molar refractivity (Wildman–Crippen MR) is 73.2 cm³/mol. The van der Waals surface area contributed by atoms with E-state index in [1.807, 2.05) is 0 Å². The van der Waals surface area contributed by atoms with Crippen LogP contribution in [0.3, 0.4) is 0 Å². The quantitative estimate of drug-likeness (QED) is 0.760. The van der Waals surface area contributed by atoms with Gasteiger partial charge in [-0.25, -0.2) is 0 Å². The molecule has 3 atom stereocenters. The van der Waals surface area contributed by atoms with Crippen LogP contribution < -0.4 is 5.73 Å². The van der Waals surface area contributed by atoms with Crippen LogP contribution in [0.5, 0.6) is 0 Å². The maximum Gasteiger partial charge on any atom is 0.319 e. The number of nitrogens with two attached hydrogens (primary N) is 1. The van der Waals surface area contributed by atoms with Crippen LogP contribution in [0.2, 0.25) is 0 Å². The molecule has 0 aromatic carbocycles. The first-order chi connectivity index (χ1) is 8.49. The lowest BCUT2D eigenvalue weighted by molar-refractivity contribution is -0.144. The Bertz CT molecular complexity index is 269. The van der Waals surface area contributed by atoms with E-state index >= 15 is 0 Å². The van der Waals surface area contributed by atoms with Gasteiger partial charge < -0.3 is 10.5 Å². The minimum absolute atomic E-state index is 0.155. The lowest BCUT2D eigenvalue weighted by atomic mass is 9.78. The fourth-order valence-corrected chi connectivity index (χ4v) is 2.99. The van der Waals surface area contributed by atoms with Crippen molar-refractivity contribution in [3.8, 4) is 0 Å². The van der Waals surface area contributed by atoms with E-state index in [2.05, 4.69) is 25.7 Å². The van der Waals surface area contributed by atoms with E-state index in [1.54, 1.807) is 0 Å². The third kappa shape index (κ3) is 3.95. The Labute approximate surface area is 111 Å². The van der Waals surface area contributed by atoms with Gasteiger partial charge in [0.15, 0.2) is 0 Å². The molecule has 4 nitrogen and oxygen atoms in total. The second kappa shape index (κ2) is 7.10. The summed E-state index contributed by atoms with van der Waals surface area (Å²) in [6.07, 6.45) is 3.56. The molecule has 1 aliphatic rings. The summed E-state index contributed by atoms with van der Waals surface area (Å²) in [6.45, 7) is 7.64. The van der Waals surface area contributed by atoms with Gasteiger partial charge in [0, 0.05) is 12.1 Å². The average Bonchev–Trinajstić information content (AvgIpc) is 2.35. The molecule has 0 radical (unpaired) electrons. The molecule has 3 unspecified atom stereocenters. The van der Waals surface area contributed by atoms with Crippen molar-refractivity contribution in [3.05, 3.63) is 0 Å². The fraction of sp³-hybridized carbons (Fsp3) is 0.929. The van der Waals surface area contributed by atoms with E-state index in [-0.39, 0.29) is 5.97 Å². The van der Waals surface area contributed by atoms with Gasteiger partial charge in [0.05, 0.1) is 13.7 Å². The number of esters is 1. The molecule has 0 heterocycles. The highest BCUT2D eigenvalue weighted by atomic mass is 16.5. The van der Waals surface area contributed by atoms with Gasteiger partial charge in [0.25, 0.3) is 0 Å². The summed E-state index contributed by atoms with van der Waals surface area (Å²) >= 11 is 0. The predicted octanol–water partition coefficient (Wildman–Crippen LogP) is 1.63. The molecule has 1 aliphatic carbocycles. The van der Waals surface area contributed by atoms with Crippen LogP contribution in [0.25, 0.3) is 0 Å². The van der Waals surface area contributed by atoms with Crippen LogP contribution in [0.4, 0.5) is 0 Å². The van der Waals surface area contributed by atoms with E-state index in [9.17, 15) is 4.79 Å². The lowest BCUT2D eigenvalue weighted by Gasteiger charge is -2.43. The molecule has 0 aromatic rings. The Balaban J connectivity index is 2.77. The molecular weight excluding hydrogens is 228 g/mol. The van der Waals surface area contributed by atoms with Crippen LogP contribution in [0.15, 0.2) is 0 Å². The Kier molecular flexibility index (Phi) is 6.09. The summed E-state index contributed by atoms with van der Waals surface area (Å²) in [6, 6.07) is 0.756. The van der Waals surface area contributed by atoms with Crippen molar-refractivity contribution in [2.75, 3.05) is 20.2 Å². The number of carbonyl (C=O) groups excluding carboxylic acids is 1. The summed E-state index contributed by atoms with van der Waals surface area (Å²) in [7, 11) is 1.45. The third-order valence-corrected chi connectivity index (χ3v) is 4.15. The Hall–Kier alpha value is -0.610. The standard InChI is InChI=1S/C14H28N2O2/c1-10(2)16(9-14(17)18-4)13-7-11(3)5-6-12(13)8-15/h10-13H,5-9,15H2,1-4H3.